The average Bonchev–Trinajstić information content (AvgIpc) is 2.35. The van der Waals surface area contributed by atoms with Crippen LogP contribution in [0.1, 0.15) is 33.1 Å². The van der Waals surface area contributed by atoms with Gasteiger partial charge < -0.3 is 10.1 Å². The molecule has 0 radical (unpaired) electrons. The van der Waals surface area contributed by atoms with Gasteiger partial charge in [0.1, 0.15) is 5.75 Å². The third-order valence-corrected chi connectivity index (χ3v) is 4.15. The molecule has 3 unspecified atom stereocenters. The fraction of sp³-hybridized carbons (Fsp3) is 0.600. The van der Waals surface area contributed by atoms with Crippen molar-refractivity contribution in [3.63, 3.8) is 0 Å². The van der Waals surface area contributed by atoms with Gasteiger partial charge in [0.2, 0.25) is 0 Å². The smallest absolute Gasteiger partial charge is 0.141 e. The van der Waals surface area contributed by atoms with E-state index >= 15 is 0 Å². The van der Waals surface area contributed by atoms with Crippen LogP contribution in [0.3, 0.4) is 0 Å². The Morgan fingerprint density at radius 1 is 1.18 bits per heavy atom. The molecular weight excluding hydrogens is 210 g/mol. The van der Waals surface area contributed by atoms with E-state index in [4.69, 9.17) is 4.74 Å². The lowest BCUT2D eigenvalue weighted by atomic mass is 9.78. The standard InChI is InChI=1S/C15H23NO/c1-11-7-6-9-13(12(11)2)16-14-8-4-5-10-15(14)17-3/h4-5,8,10-13,16H,6-7,9H2,1-3H3. The van der Waals surface area contributed by atoms with Gasteiger partial charge in [-0.25, -0.2) is 0 Å². The highest BCUT2D eigenvalue weighted by molar-refractivity contribution is 5.56. The molecule has 0 heterocycles. The summed E-state index contributed by atoms with van der Waals surface area (Å²) in [6.45, 7) is 4.72. The third kappa shape index (κ3) is 2.74. The molecule has 2 nitrogen and oxygen atoms in total. The number of anilines is 1. The van der Waals surface area contributed by atoms with Gasteiger partial charge in [0.25, 0.3) is 0 Å². The molecule has 2 heteroatoms. The minimum absolute atomic E-state index is 0.579. The van der Waals surface area contributed by atoms with E-state index in [0.29, 0.717) is 6.04 Å². The Morgan fingerprint density at radius 2 is 1.94 bits per heavy atom. The molecule has 1 N–H and O–H groups in total. The number of rotatable bonds is 3. The van der Waals surface area contributed by atoms with Crippen molar-refractivity contribution in [3.8, 4) is 5.75 Å². The second-order valence-electron chi connectivity index (χ2n) is 5.22. The molecule has 1 fully saturated rings. The monoisotopic (exact) mass is 233 g/mol. The summed E-state index contributed by atoms with van der Waals surface area (Å²) in [6.07, 6.45) is 3.97. The van der Waals surface area contributed by atoms with Gasteiger partial charge in [0.05, 0.1) is 12.8 Å². The summed E-state index contributed by atoms with van der Waals surface area (Å²) in [6, 6.07) is 8.76. The number of methoxy groups -OCH3 is 1. The first-order chi connectivity index (χ1) is 8.22. The summed E-state index contributed by atoms with van der Waals surface area (Å²) < 4.78 is 5.39. The Balaban J connectivity index is 2.09. The van der Waals surface area contributed by atoms with Crippen LogP contribution >= 0.6 is 0 Å². The molecule has 2 rings (SSSR count). The van der Waals surface area contributed by atoms with Gasteiger partial charge in [-0.05, 0) is 30.4 Å². The summed E-state index contributed by atoms with van der Waals surface area (Å²) in [4.78, 5) is 0. The van der Waals surface area contributed by atoms with Gasteiger partial charge in [-0.15, -0.1) is 0 Å². The summed E-state index contributed by atoms with van der Waals surface area (Å²) in [7, 11) is 1.73. The Labute approximate surface area is 104 Å². The van der Waals surface area contributed by atoms with Gasteiger partial charge in [-0.1, -0.05) is 38.8 Å². The molecule has 0 amide bonds. The van der Waals surface area contributed by atoms with E-state index in [2.05, 4.69) is 31.3 Å². The molecular formula is C15H23NO. The normalized spacial score (nSPS) is 28.8. The lowest BCUT2D eigenvalue weighted by molar-refractivity contribution is 0.252. The molecule has 0 saturated heterocycles. The zero-order valence-electron chi connectivity index (χ0n) is 11.1. The molecule has 17 heavy (non-hydrogen) atoms. The van der Waals surface area contributed by atoms with E-state index in [1.54, 1.807) is 7.11 Å². The predicted molar refractivity (Wildman–Crippen MR) is 72.6 cm³/mol. The lowest BCUT2D eigenvalue weighted by Gasteiger charge is -2.35. The molecule has 1 aliphatic carbocycles. The van der Waals surface area contributed by atoms with Crippen LogP contribution in [0.15, 0.2) is 24.3 Å². The number of hydrogen-bond donors (Lipinski definition) is 1. The predicted octanol–water partition coefficient (Wildman–Crippen LogP) is 3.93. The van der Waals surface area contributed by atoms with Gasteiger partial charge in [-0.2, -0.15) is 0 Å². The first kappa shape index (κ1) is 12.3. The average molecular weight is 233 g/mol. The van der Waals surface area contributed by atoms with E-state index in [0.717, 1.165) is 23.3 Å². The molecule has 0 spiro atoms. The van der Waals surface area contributed by atoms with E-state index in [-0.39, 0.29) is 0 Å². The molecule has 0 aliphatic heterocycles. The zero-order chi connectivity index (χ0) is 12.3. The summed E-state index contributed by atoms with van der Waals surface area (Å²) in [5.41, 5.74) is 1.13. The van der Waals surface area contributed by atoms with Crippen LogP contribution in [-0.2, 0) is 0 Å². The van der Waals surface area contributed by atoms with E-state index in [1.165, 1.54) is 19.3 Å². The van der Waals surface area contributed by atoms with Crippen molar-refractivity contribution in [2.24, 2.45) is 11.8 Å². The largest absolute Gasteiger partial charge is 0.495 e. The van der Waals surface area contributed by atoms with Crippen LogP contribution in [-0.4, -0.2) is 13.2 Å². The highest BCUT2D eigenvalue weighted by atomic mass is 16.5. The summed E-state index contributed by atoms with van der Waals surface area (Å²) in [5, 5.41) is 3.66. The quantitative estimate of drug-likeness (QED) is 0.854. The molecule has 0 bridgehead atoms. The Morgan fingerprint density at radius 3 is 2.71 bits per heavy atom. The molecule has 94 valence electrons. The maximum absolute atomic E-state index is 5.39. The van der Waals surface area contributed by atoms with Crippen LogP contribution in [0, 0.1) is 11.8 Å². The lowest BCUT2D eigenvalue weighted by Crippen LogP contribution is -2.35. The minimum Gasteiger partial charge on any atom is -0.495 e. The van der Waals surface area contributed by atoms with Gasteiger partial charge >= 0.3 is 0 Å². The molecule has 3 atom stereocenters. The summed E-state index contributed by atoms with van der Waals surface area (Å²) in [5.74, 6) is 2.49. The topological polar surface area (TPSA) is 21.3 Å². The molecule has 1 saturated carbocycles. The molecule has 0 aromatic heterocycles. The number of nitrogens with one attached hydrogen (secondary N) is 1. The number of ether oxygens (including phenoxy) is 1. The van der Waals surface area contributed by atoms with Crippen LogP contribution in [0.2, 0.25) is 0 Å². The first-order valence-corrected chi connectivity index (χ1v) is 6.62. The molecule has 1 aromatic rings. The highest BCUT2D eigenvalue weighted by Crippen LogP contribution is 2.33. The number of para-hydroxylation sites is 2. The van der Waals surface area contributed by atoms with Gasteiger partial charge in [0, 0.05) is 6.04 Å². The molecule has 1 aliphatic rings. The highest BCUT2D eigenvalue weighted by Gasteiger charge is 2.27. The first-order valence-electron chi connectivity index (χ1n) is 6.62. The minimum atomic E-state index is 0.579. The van der Waals surface area contributed by atoms with Crippen molar-refractivity contribution in [2.45, 2.75) is 39.2 Å². The zero-order valence-corrected chi connectivity index (χ0v) is 11.1. The SMILES string of the molecule is COc1ccccc1NC1CCCC(C)C1C. The van der Waals surface area contributed by atoms with Crippen molar-refractivity contribution in [1.82, 2.24) is 0 Å². The van der Waals surface area contributed by atoms with Crippen LogP contribution in [0.25, 0.3) is 0 Å². The second kappa shape index (κ2) is 5.44. The Kier molecular flexibility index (Phi) is 3.93. The van der Waals surface area contributed by atoms with Crippen molar-refractivity contribution in [1.29, 1.82) is 0 Å². The van der Waals surface area contributed by atoms with Crippen molar-refractivity contribution in [2.75, 3.05) is 12.4 Å². The maximum Gasteiger partial charge on any atom is 0.141 e. The van der Waals surface area contributed by atoms with Crippen molar-refractivity contribution >= 4 is 5.69 Å². The number of benzene rings is 1. The van der Waals surface area contributed by atoms with E-state index in [1.807, 2.05) is 12.1 Å². The van der Waals surface area contributed by atoms with Gasteiger partial charge in [-0.3, -0.25) is 0 Å². The fourth-order valence-electron chi connectivity index (χ4n) is 2.75. The Bertz CT molecular complexity index is 364. The van der Waals surface area contributed by atoms with Crippen molar-refractivity contribution in [3.05, 3.63) is 24.3 Å². The van der Waals surface area contributed by atoms with Crippen molar-refractivity contribution < 1.29 is 4.74 Å². The van der Waals surface area contributed by atoms with Crippen LogP contribution in [0.4, 0.5) is 5.69 Å². The second-order valence-corrected chi connectivity index (χ2v) is 5.22. The van der Waals surface area contributed by atoms with Gasteiger partial charge in [0.15, 0.2) is 0 Å². The maximum atomic E-state index is 5.39. The Hall–Kier alpha value is -1.18. The van der Waals surface area contributed by atoms with E-state index < -0.39 is 0 Å². The van der Waals surface area contributed by atoms with E-state index in [9.17, 15) is 0 Å². The fourth-order valence-corrected chi connectivity index (χ4v) is 2.75. The molecule has 1 aromatic carbocycles. The van der Waals surface area contributed by atoms with Crippen LogP contribution in [0.5, 0.6) is 5.75 Å². The van der Waals surface area contributed by atoms with Crippen LogP contribution < -0.4 is 10.1 Å². The third-order valence-electron chi connectivity index (χ3n) is 4.15. The summed E-state index contributed by atoms with van der Waals surface area (Å²) >= 11 is 0. The number of hydrogen-bond acceptors (Lipinski definition) is 2.